The van der Waals surface area contributed by atoms with Crippen molar-refractivity contribution in [3.63, 3.8) is 0 Å². The van der Waals surface area contributed by atoms with E-state index in [1.807, 2.05) is 0 Å². The summed E-state index contributed by atoms with van der Waals surface area (Å²) >= 11 is 0. The molecule has 1 N–H and O–H groups in total. The first-order valence-electron chi connectivity index (χ1n) is 8.13. The van der Waals surface area contributed by atoms with Gasteiger partial charge in [-0.25, -0.2) is 0 Å². The third kappa shape index (κ3) is 3.95. The number of rotatable bonds is 5. The highest BCUT2D eigenvalue weighted by molar-refractivity contribution is 5.74. The second-order valence-electron chi connectivity index (χ2n) is 6.53. The largest absolute Gasteiger partial charge is 0.462 e. The Morgan fingerprint density at radius 3 is 2.75 bits per heavy atom. The van der Waals surface area contributed by atoms with Crippen LogP contribution in [0, 0.1) is 17.8 Å². The zero-order valence-electron chi connectivity index (χ0n) is 13.1. The van der Waals surface area contributed by atoms with Crippen LogP contribution in [0.2, 0.25) is 0 Å². The van der Waals surface area contributed by atoms with E-state index in [0.717, 1.165) is 38.1 Å². The number of ether oxygens (including phenoxy) is 2. The lowest BCUT2D eigenvalue weighted by Crippen LogP contribution is -2.42. The maximum atomic E-state index is 12.3. The molecular weight excluding hydrogens is 254 g/mol. The van der Waals surface area contributed by atoms with Crippen molar-refractivity contribution in [2.75, 3.05) is 19.8 Å². The lowest BCUT2D eigenvalue weighted by molar-refractivity contribution is -0.157. The highest BCUT2D eigenvalue weighted by Crippen LogP contribution is 2.31. The van der Waals surface area contributed by atoms with Gasteiger partial charge in [-0.05, 0) is 44.1 Å². The Kier molecular flexibility index (Phi) is 5.85. The van der Waals surface area contributed by atoms with E-state index in [9.17, 15) is 4.79 Å². The number of carbonyl (C=O) groups is 1. The fourth-order valence-corrected chi connectivity index (χ4v) is 3.17. The van der Waals surface area contributed by atoms with Crippen molar-refractivity contribution in [1.29, 1.82) is 0 Å². The number of esters is 1. The molecule has 5 unspecified atom stereocenters. The van der Waals surface area contributed by atoms with E-state index in [1.165, 1.54) is 0 Å². The Bertz CT molecular complexity index is 321. The summed E-state index contributed by atoms with van der Waals surface area (Å²) in [7, 11) is 0. The number of nitrogens with one attached hydrogen (secondary N) is 1. The van der Waals surface area contributed by atoms with Crippen LogP contribution in [0.25, 0.3) is 0 Å². The molecular formula is C16H29NO3. The van der Waals surface area contributed by atoms with E-state index in [0.29, 0.717) is 19.1 Å². The zero-order valence-corrected chi connectivity index (χ0v) is 13.1. The van der Waals surface area contributed by atoms with Gasteiger partial charge in [-0.2, -0.15) is 0 Å². The fraction of sp³-hybridized carbons (Fsp3) is 0.938. The van der Waals surface area contributed by atoms with Gasteiger partial charge in [-0.15, -0.1) is 0 Å². The second kappa shape index (κ2) is 7.41. The maximum Gasteiger partial charge on any atom is 0.313 e. The van der Waals surface area contributed by atoms with Crippen LogP contribution in [0.3, 0.4) is 0 Å². The summed E-state index contributed by atoms with van der Waals surface area (Å²) in [5.41, 5.74) is 0. The first kappa shape index (κ1) is 15.8. The highest BCUT2D eigenvalue weighted by atomic mass is 16.5. The average Bonchev–Trinajstić information content (AvgIpc) is 2.89. The molecule has 4 nitrogen and oxygen atoms in total. The van der Waals surface area contributed by atoms with E-state index in [1.54, 1.807) is 0 Å². The summed E-state index contributed by atoms with van der Waals surface area (Å²) in [5.74, 6) is 1.20. The van der Waals surface area contributed by atoms with Gasteiger partial charge in [-0.3, -0.25) is 4.79 Å². The smallest absolute Gasteiger partial charge is 0.313 e. The molecule has 0 amide bonds. The molecule has 5 atom stereocenters. The molecule has 0 aromatic heterocycles. The van der Waals surface area contributed by atoms with Crippen LogP contribution in [0.15, 0.2) is 0 Å². The van der Waals surface area contributed by atoms with Crippen LogP contribution >= 0.6 is 0 Å². The minimum atomic E-state index is -0.129. The van der Waals surface area contributed by atoms with E-state index < -0.39 is 0 Å². The van der Waals surface area contributed by atoms with Crippen molar-refractivity contribution in [2.24, 2.45) is 17.8 Å². The van der Waals surface area contributed by atoms with E-state index in [2.05, 4.69) is 26.1 Å². The molecule has 0 bridgehead atoms. The molecule has 20 heavy (non-hydrogen) atoms. The number of hydrogen-bond acceptors (Lipinski definition) is 4. The minimum absolute atomic E-state index is 0.0668. The van der Waals surface area contributed by atoms with Crippen molar-refractivity contribution < 1.29 is 14.3 Å². The third-order valence-corrected chi connectivity index (χ3v) is 4.87. The second-order valence-corrected chi connectivity index (χ2v) is 6.53. The number of hydrogen-bond donors (Lipinski definition) is 1. The number of carbonyl (C=O) groups excluding carboxylic acids is 1. The van der Waals surface area contributed by atoms with Gasteiger partial charge in [0.25, 0.3) is 0 Å². The molecule has 1 saturated heterocycles. The van der Waals surface area contributed by atoms with Crippen LogP contribution < -0.4 is 5.32 Å². The summed E-state index contributed by atoms with van der Waals surface area (Å²) in [6, 6.07) is 0.127. The molecule has 0 radical (unpaired) electrons. The molecule has 0 aromatic carbocycles. The van der Waals surface area contributed by atoms with E-state index in [4.69, 9.17) is 9.47 Å². The quantitative estimate of drug-likeness (QED) is 0.787. The summed E-state index contributed by atoms with van der Waals surface area (Å²) < 4.78 is 11.2. The first-order valence-corrected chi connectivity index (χ1v) is 8.13. The Balaban J connectivity index is 1.81. The molecule has 2 fully saturated rings. The minimum Gasteiger partial charge on any atom is -0.462 e. The first-order chi connectivity index (χ1) is 9.61. The van der Waals surface area contributed by atoms with Gasteiger partial charge >= 0.3 is 5.97 Å². The van der Waals surface area contributed by atoms with Crippen LogP contribution in [0.4, 0.5) is 0 Å². The van der Waals surface area contributed by atoms with Crippen LogP contribution in [-0.4, -0.2) is 37.9 Å². The Morgan fingerprint density at radius 2 is 2.05 bits per heavy atom. The Morgan fingerprint density at radius 1 is 1.25 bits per heavy atom. The van der Waals surface area contributed by atoms with E-state index in [-0.39, 0.29) is 24.0 Å². The van der Waals surface area contributed by atoms with Crippen LogP contribution in [0.5, 0.6) is 0 Å². The van der Waals surface area contributed by atoms with Crippen molar-refractivity contribution >= 4 is 5.97 Å². The molecule has 2 aliphatic rings. The Labute approximate surface area is 122 Å². The van der Waals surface area contributed by atoms with Gasteiger partial charge in [0.05, 0.1) is 19.1 Å². The highest BCUT2D eigenvalue weighted by Gasteiger charge is 2.37. The molecule has 1 saturated carbocycles. The third-order valence-electron chi connectivity index (χ3n) is 4.87. The average molecular weight is 283 g/mol. The van der Waals surface area contributed by atoms with Gasteiger partial charge in [0, 0.05) is 6.04 Å². The van der Waals surface area contributed by atoms with Crippen molar-refractivity contribution in [3.05, 3.63) is 0 Å². The molecule has 1 aliphatic heterocycles. The van der Waals surface area contributed by atoms with Gasteiger partial charge in [0.1, 0.15) is 6.10 Å². The topological polar surface area (TPSA) is 47.6 Å². The summed E-state index contributed by atoms with van der Waals surface area (Å²) in [6.07, 6.45) is 4.36. The van der Waals surface area contributed by atoms with Gasteiger partial charge in [0.2, 0.25) is 0 Å². The Hall–Kier alpha value is -0.610. The SMILES string of the molecule is CCCNC1COCC1C(=O)OC1CCC(C)C(C)C1. The van der Waals surface area contributed by atoms with Gasteiger partial charge in [0.15, 0.2) is 0 Å². The van der Waals surface area contributed by atoms with Crippen LogP contribution in [0.1, 0.15) is 46.5 Å². The maximum absolute atomic E-state index is 12.3. The van der Waals surface area contributed by atoms with Crippen molar-refractivity contribution in [1.82, 2.24) is 5.32 Å². The van der Waals surface area contributed by atoms with Crippen LogP contribution in [-0.2, 0) is 14.3 Å². The molecule has 1 aliphatic carbocycles. The molecule has 2 rings (SSSR count). The predicted octanol–water partition coefficient (Wildman–Crippen LogP) is 2.37. The molecule has 1 heterocycles. The normalized spacial score (nSPS) is 37.9. The fourth-order valence-electron chi connectivity index (χ4n) is 3.17. The molecule has 4 heteroatoms. The van der Waals surface area contributed by atoms with E-state index >= 15 is 0 Å². The predicted molar refractivity (Wildman–Crippen MR) is 78.4 cm³/mol. The summed E-state index contributed by atoms with van der Waals surface area (Å²) in [4.78, 5) is 12.3. The monoisotopic (exact) mass is 283 g/mol. The zero-order chi connectivity index (χ0) is 14.5. The van der Waals surface area contributed by atoms with Gasteiger partial charge in [-0.1, -0.05) is 20.8 Å². The van der Waals surface area contributed by atoms with Crippen molar-refractivity contribution in [2.45, 2.75) is 58.6 Å². The standard InChI is InChI=1S/C16H29NO3/c1-4-7-17-15-10-19-9-14(15)16(18)20-13-6-5-11(2)12(3)8-13/h11-15,17H,4-10H2,1-3H3. The summed E-state index contributed by atoms with van der Waals surface area (Å²) in [6.45, 7) is 8.72. The van der Waals surface area contributed by atoms with Gasteiger partial charge < -0.3 is 14.8 Å². The lowest BCUT2D eigenvalue weighted by Gasteiger charge is -2.32. The summed E-state index contributed by atoms with van der Waals surface area (Å²) in [5, 5.41) is 3.39. The van der Waals surface area contributed by atoms with Crippen molar-refractivity contribution in [3.8, 4) is 0 Å². The molecule has 116 valence electrons. The molecule has 0 aromatic rings. The molecule has 0 spiro atoms. The lowest BCUT2D eigenvalue weighted by atomic mass is 9.80.